The summed E-state index contributed by atoms with van der Waals surface area (Å²) in [7, 11) is 0. The Morgan fingerprint density at radius 3 is 1.74 bits per heavy atom. The van der Waals surface area contributed by atoms with Gasteiger partial charge in [-0.05, 0) is 27.8 Å². The quantitative estimate of drug-likeness (QED) is 0.0658. The van der Waals surface area contributed by atoms with Crippen molar-refractivity contribution in [2.45, 2.75) is 47.4 Å². The summed E-state index contributed by atoms with van der Waals surface area (Å²) in [4.78, 5) is 3.26. The zero-order valence-electron chi connectivity index (χ0n) is 25.7. The molecule has 47 heavy (non-hydrogen) atoms. The predicted molar refractivity (Wildman–Crippen MR) is 183 cm³/mol. The van der Waals surface area contributed by atoms with Crippen molar-refractivity contribution < 1.29 is 18.9 Å². The first-order valence-corrected chi connectivity index (χ1v) is 16.7. The molecule has 1 unspecified atom stereocenters. The number of hydrogen-bond acceptors (Lipinski definition) is 6. The number of fused-ring (bicyclic) bond motifs is 1. The van der Waals surface area contributed by atoms with Gasteiger partial charge in [0.05, 0.1) is 23.2 Å². The fraction of sp³-hybridized carbons (Fsp3) is 0.231. The van der Waals surface area contributed by atoms with Crippen LogP contribution >= 0.6 is 11.8 Å². The van der Waals surface area contributed by atoms with Crippen LogP contribution in [0.15, 0.2) is 157 Å². The van der Waals surface area contributed by atoms with E-state index < -0.39 is 40.8 Å². The van der Waals surface area contributed by atoms with Gasteiger partial charge in [-0.25, -0.2) is 0 Å². The number of azide groups is 1. The van der Waals surface area contributed by atoms with Crippen molar-refractivity contribution in [2.75, 3.05) is 6.61 Å². The molecule has 2 fully saturated rings. The van der Waals surface area contributed by atoms with Gasteiger partial charge in [-0.2, -0.15) is 0 Å². The van der Waals surface area contributed by atoms with Crippen LogP contribution in [0.25, 0.3) is 10.4 Å². The highest BCUT2D eigenvalue weighted by molar-refractivity contribution is 8.01. The van der Waals surface area contributed by atoms with E-state index in [-0.39, 0.29) is 6.61 Å². The minimum absolute atomic E-state index is 0.269. The van der Waals surface area contributed by atoms with Gasteiger partial charge in [-0.3, -0.25) is 0 Å². The molecule has 5 aromatic rings. The summed E-state index contributed by atoms with van der Waals surface area (Å²) < 4.78 is 25.7. The standard InChI is InChI=1S/C39H35N3O4S/c40-42-41-37-36(47-39(30-20-10-3-11-21-30,31-22-12-4-13-23-31)32-24-14-5-15-25-32)35(43-26-28-16-6-1-7-17-28)34-33(45-37)27-44-38(46-34)29-18-8-2-9-19-29/h1-25,33-38H,26-27H2/t33-,34-,35+,36+,37+,38?/m1/s1. The lowest BCUT2D eigenvalue weighted by atomic mass is 9.84. The maximum Gasteiger partial charge on any atom is 0.184 e. The number of rotatable bonds is 10. The zero-order valence-corrected chi connectivity index (χ0v) is 26.5. The van der Waals surface area contributed by atoms with Crippen LogP contribution < -0.4 is 0 Å². The van der Waals surface area contributed by atoms with Crippen molar-refractivity contribution >= 4 is 11.8 Å². The Hall–Kier alpha value is -4.40. The summed E-state index contributed by atoms with van der Waals surface area (Å²) in [6, 6.07) is 51.3. The van der Waals surface area contributed by atoms with Gasteiger partial charge in [0.15, 0.2) is 12.5 Å². The van der Waals surface area contributed by atoms with Gasteiger partial charge in [0.25, 0.3) is 0 Å². The second-order valence-corrected chi connectivity index (χ2v) is 13.0. The van der Waals surface area contributed by atoms with Gasteiger partial charge in [0, 0.05) is 10.5 Å². The van der Waals surface area contributed by atoms with Gasteiger partial charge < -0.3 is 18.9 Å². The van der Waals surface area contributed by atoms with Crippen molar-refractivity contribution in [3.05, 3.63) is 190 Å². The van der Waals surface area contributed by atoms with Gasteiger partial charge in [0.2, 0.25) is 0 Å². The third kappa shape index (κ3) is 6.58. The largest absolute Gasteiger partial charge is 0.369 e. The highest BCUT2D eigenvalue weighted by atomic mass is 32.2. The summed E-state index contributed by atoms with van der Waals surface area (Å²) >= 11 is 1.68. The lowest BCUT2D eigenvalue weighted by Gasteiger charge is -2.50. The fourth-order valence-corrected chi connectivity index (χ4v) is 8.32. The SMILES string of the molecule is [N-]=[N+]=N[C@H]1O[C@@H]2COC(c3ccccc3)O[C@H]2[C@H](OCc2ccccc2)[C@@H]1SC(c1ccccc1)(c1ccccc1)c1ccccc1. The van der Waals surface area contributed by atoms with E-state index in [9.17, 15) is 5.53 Å². The Bertz CT molecular complexity index is 1660. The summed E-state index contributed by atoms with van der Waals surface area (Å²) in [5.74, 6) is 0. The average molecular weight is 642 g/mol. The summed E-state index contributed by atoms with van der Waals surface area (Å²) in [5.41, 5.74) is 15.0. The molecule has 7 nitrogen and oxygen atoms in total. The molecule has 0 spiro atoms. The second kappa shape index (κ2) is 14.6. The topological polar surface area (TPSA) is 85.7 Å². The van der Waals surface area contributed by atoms with Crippen LogP contribution in [-0.2, 0) is 30.3 Å². The van der Waals surface area contributed by atoms with E-state index in [4.69, 9.17) is 18.9 Å². The van der Waals surface area contributed by atoms with Crippen molar-refractivity contribution in [3.63, 3.8) is 0 Å². The predicted octanol–water partition coefficient (Wildman–Crippen LogP) is 8.82. The average Bonchev–Trinajstić information content (AvgIpc) is 3.15. The first-order chi connectivity index (χ1) is 23.3. The van der Waals surface area contributed by atoms with E-state index in [1.807, 2.05) is 78.9 Å². The molecule has 0 bridgehead atoms. The highest BCUT2D eigenvalue weighted by Gasteiger charge is 2.54. The molecule has 0 radical (unpaired) electrons. The zero-order chi connectivity index (χ0) is 31.9. The summed E-state index contributed by atoms with van der Waals surface area (Å²) in [6.45, 7) is 0.621. The van der Waals surface area contributed by atoms with E-state index in [2.05, 4.69) is 82.8 Å². The smallest absolute Gasteiger partial charge is 0.184 e. The van der Waals surface area contributed by atoms with Crippen LogP contribution in [0.4, 0.5) is 0 Å². The van der Waals surface area contributed by atoms with Crippen LogP contribution in [0, 0.1) is 0 Å². The van der Waals surface area contributed by atoms with Gasteiger partial charge in [0.1, 0.15) is 18.3 Å². The first kappa shape index (κ1) is 31.2. The Morgan fingerprint density at radius 1 is 0.702 bits per heavy atom. The number of nitrogens with zero attached hydrogens (tertiary/aromatic N) is 3. The maximum absolute atomic E-state index is 9.83. The normalized spacial score (nSPS) is 24.1. The van der Waals surface area contributed by atoms with E-state index in [1.165, 1.54) is 0 Å². The summed E-state index contributed by atoms with van der Waals surface area (Å²) in [5, 5.41) is 3.77. The van der Waals surface area contributed by atoms with E-state index in [1.54, 1.807) is 11.8 Å². The van der Waals surface area contributed by atoms with E-state index in [0.29, 0.717) is 6.61 Å². The molecule has 0 N–H and O–H groups in total. The maximum atomic E-state index is 9.83. The number of benzene rings is 5. The van der Waals surface area contributed by atoms with Crippen molar-refractivity contribution in [1.82, 2.24) is 0 Å². The molecule has 236 valence electrons. The van der Waals surface area contributed by atoms with Crippen LogP contribution in [0.3, 0.4) is 0 Å². The van der Waals surface area contributed by atoms with Crippen LogP contribution in [0.5, 0.6) is 0 Å². The monoisotopic (exact) mass is 641 g/mol. The molecule has 2 aliphatic heterocycles. The molecule has 2 saturated heterocycles. The van der Waals surface area contributed by atoms with Crippen LogP contribution in [0.2, 0.25) is 0 Å². The number of ether oxygens (including phenoxy) is 4. The number of hydrogen-bond donors (Lipinski definition) is 0. The molecular weight excluding hydrogens is 607 g/mol. The van der Waals surface area contributed by atoms with E-state index in [0.717, 1.165) is 27.8 Å². The molecule has 7 rings (SSSR count). The Morgan fingerprint density at radius 2 is 1.21 bits per heavy atom. The Kier molecular flexibility index (Phi) is 9.68. The van der Waals surface area contributed by atoms with Crippen LogP contribution in [0.1, 0.15) is 34.1 Å². The molecule has 0 aliphatic carbocycles. The highest BCUT2D eigenvalue weighted by Crippen LogP contribution is 2.54. The van der Waals surface area contributed by atoms with Gasteiger partial charge in [-0.15, -0.1) is 11.8 Å². The third-order valence-corrected chi connectivity index (χ3v) is 10.5. The molecule has 2 aliphatic rings. The second-order valence-electron chi connectivity index (χ2n) is 11.6. The first-order valence-electron chi connectivity index (χ1n) is 15.8. The molecule has 2 heterocycles. The lowest BCUT2D eigenvalue weighted by molar-refractivity contribution is -0.313. The Labute approximate surface area is 279 Å². The molecule has 8 heteroatoms. The van der Waals surface area contributed by atoms with Gasteiger partial charge >= 0.3 is 0 Å². The minimum Gasteiger partial charge on any atom is -0.369 e. The Balaban J connectivity index is 1.37. The molecular formula is C39H35N3O4S. The molecule has 0 saturated carbocycles. The van der Waals surface area contributed by atoms with E-state index >= 15 is 0 Å². The van der Waals surface area contributed by atoms with Crippen molar-refractivity contribution in [1.29, 1.82) is 0 Å². The molecule has 0 aromatic heterocycles. The number of thioether (sulfide) groups is 1. The molecule has 5 aromatic carbocycles. The molecule has 6 atom stereocenters. The van der Waals surface area contributed by atoms with Gasteiger partial charge in [-0.1, -0.05) is 157 Å². The summed E-state index contributed by atoms with van der Waals surface area (Å²) in [6.07, 6.45) is -2.97. The van der Waals surface area contributed by atoms with Crippen LogP contribution in [-0.4, -0.2) is 36.4 Å². The fourth-order valence-electron chi connectivity index (χ4n) is 6.50. The van der Waals surface area contributed by atoms with Crippen molar-refractivity contribution in [2.24, 2.45) is 5.11 Å². The molecule has 0 amide bonds. The minimum atomic E-state index is -0.858. The lowest BCUT2D eigenvalue weighted by Crippen LogP contribution is -2.61. The van der Waals surface area contributed by atoms with Crippen molar-refractivity contribution in [3.8, 4) is 0 Å². The third-order valence-electron chi connectivity index (χ3n) is 8.68.